The predicted octanol–water partition coefficient (Wildman–Crippen LogP) is 4.40. The number of benzene rings is 1. The van der Waals surface area contributed by atoms with Gasteiger partial charge in [-0.3, -0.25) is 9.20 Å². The number of carbonyl (C=O) groups excluding carboxylic acids is 1. The van der Waals surface area contributed by atoms with Gasteiger partial charge in [0.25, 0.3) is 5.91 Å². The molecule has 0 aliphatic carbocycles. The van der Waals surface area contributed by atoms with Crippen molar-refractivity contribution in [3.8, 4) is 0 Å². The number of hydrogen-bond donors (Lipinski definition) is 2. The minimum atomic E-state index is -0.201. The molecule has 132 valence electrons. The third-order valence-electron chi connectivity index (χ3n) is 4.39. The van der Waals surface area contributed by atoms with Gasteiger partial charge in [-0.25, -0.2) is 4.98 Å². The molecule has 0 saturated heterocycles. The molecule has 26 heavy (non-hydrogen) atoms. The number of fused-ring (bicyclic) bond motifs is 2. The molecule has 4 aromatic rings. The second-order valence-corrected chi connectivity index (χ2v) is 6.95. The zero-order chi connectivity index (χ0) is 18.3. The smallest absolute Gasteiger partial charge is 0.270 e. The van der Waals surface area contributed by atoms with E-state index in [1.165, 1.54) is 10.9 Å². The van der Waals surface area contributed by atoms with E-state index in [0.29, 0.717) is 33.6 Å². The quantitative estimate of drug-likeness (QED) is 0.545. The van der Waals surface area contributed by atoms with E-state index in [1.807, 2.05) is 24.4 Å². The maximum atomic E-state index is 12.7. The van der Waals surface area contributed by atoms with Gasteiger partial charge in [0.05, 0.1) is 15.7 Å². The number of imidazole rings is 1. The lowest BCUT2D eigenvalue weighted by molar-refractivity contribution is 0.0947. The van der Waals surface area contributed by atoms with Crippen LogP contribution in [0.25, 0.3) is 16.6 Å². The summed E-state index contributed by atoms with van der Waals surface area (Å²) in [6.45, 7) is 2.30. The Labute approximate surface area is 159 Å². The summed E-state index contributed by atoms with van der Waals surface area (Å²) in [4.78, 5) is 20.3. The summed E-state index contributed by atoms with van der Waals surface area (Å²) in [6, 6.07) is 9.72. The van der Waals surface area contributed by atoms with Crippen LogP contribution in [0.3, 0.4) is 0 Å². The molecule has 0 unspecified atom stereocenters. The number of H-pyrrole nitrogens is 1. The summed E-state index contributed by atoms with van der Waals surface area (Å²) in [5.74, 6) is -0.201. The molecule has 2 N–H and O–H groups in total. The number of halogens is 2. The molecule has 0 atom stereocenters. The monoisotopic (exact) mass is 386 g/mol. The normalized spacial score (nSPS) is 11.3. The van der Waals surface area contributed by atoms with Gasteiger partial charge in [-0.2, -0.15) is 0 Å². The molecule has 0 radical (unpaired) electrons. The molecule has 7 heteroatoms. The van der Waals surface area contributed by atoms with Gasteiger partial charge in [-0.15, -0.1) is 0 Å². The lowest BCUT2D eigenvalue weighted by Crippen LogP contribution is -2.27. The number of carbonyl (C=O) groups is 1. The van der Waals surface area contributed by atoms with E-state index in [4.69, 9.17) is 23.2 Å². The molecular weight excluding hydrogens is 371 g/mol. The number of para-hydroxylation sites is 1. The standard InChI is InChI=1S/C19H16Cl2N4O/c1-11-17(25-10-13(20)8-15(21)18(25)24-11)19(26)22-7-6-12-9-23-16-5-3-2-4-14(12)16/h2-5,8-10,23H,6-7H2,1H3,(H,22,26). The zero-order valence-corrected chi connectivity index (χ0v) is 15.5. The van der Waals surface area contributed by atoms with E-state index in [-0.39, 0.29) is 5.91 Å². The number of aromatic amines is 1. The van der Waals surface area contributed by atoms with Crippen LogP contribution in [-0.2, 0) is 6.42 Å². The van der Waals surface area contributed by atoms with Crippen LogP contribution in [0.5, 0.6) is 0 Å². The molecule has 0 bridgehead atoms. The summed E-state index contributed by atoms with van der Waals surface area (Å²) < 4.78 is 1.64. The zero-order valence-electron chi connectivity index (χ0n) is 14.0. The summed E-state index contributed by atoms with van der Waals surface area (Å²) in [7, 11) is 0. The highest BCUT2D eigenvalue weighted by molar-refractivity contribution is 6.36. The molecular formula is C19H16Cl2N4O. The Kier molecular flexibility index (Phi) is 4.34. The van der Waals surface area contributed by atoms with Crippen molar-refractivity contribution in [2.75, 3.05) is 6.54 Å². The first-order chi connectivity index (χ1) is 12.5. The Morgan fingerprint density at radius 3 is 2.96 bits per heavy atom. The number of amides is 1. The lowest BCUT2D eigenvalue weighted by Gasteiger charge is -2.06. The van der Waals surface area contributed by atoms with E-state index in [0.717, 1.165) is 11.9 Å². The number of rotatable bonds is 4. The van der Waals surface area contributed by atoms with Gasteiger partial charge >= 0.3 is 0 Å². The summed E-state index contributed by atoms with van der Waals surface area (Å²) >= 11 is 12.2. The summed E-state index contributed by atoms with van der Waals surface area (Å²) in [6.07, 6.45) is 4.36. The minimum absolute atomic E-state index is 0.201. The Bertz CT molecular complexity index is 1130. The van der Waals surface area contributed by atoms with Crippen LogP contribution in [0.4, 0.5) is 0 Å². The van der Waals surface area contributed by atoms with Gasteiger partial charge in [0.2, 0.25) is 0 Å². The summed E-state index contributed by atoms with van der Waals surface area (Å²) in [5.41, 5.74) is 3.84. The van der Waals surface area contributed by atoms with E-state index >= 15 is 0 Å². The predicted molar refractivity (Wildman–Crippen MR) is 104 cm³/mol. The van der Waals surface area contributed by atoms with Gasteiger partial charge in [0.1, 0.15) is 5.69 Å². The molecule has 0 saturated carbocycles. The van der Waals surface area contributed by atoms with Crippen LogP contribution in [0.15, 0.2) is 42.7 Å². The van der Waals surface area contributed by atoms with Crippen LogP contribution in [-0.4, -0.2) is 26.8 Å². The number of nitrogens with zero attached hydrogens (tertiary/aromatic N) is 2. The van der Waals surface area contributed by atoms with Crippen molar-refractivity contribution in [3.05, 3.63) is 69.7 Å². The van der Waals surface area contributed by atoms with Crippen LogP contribution < -0.4 is 5.32 Å². The maximum Gasteiger partial charge on any atom is 0.270 e. The molecule has 0 aliphatic heterocycles. The number of aromatic nitrogens is 3. The average molecular weight is 387 g/mol. The number of pyridine rings is 1. The van der Waals surface area contributed by atoms with Crippen molar-refractivity contribution >= 4 is 45.7 Å². The second-order valence-electron chi connectivity index (χ2n) is 6.11. The van der Waals surface area contributed by atoms with Crippen LogP contribution in [0.1, 0.15) is 21.7 Å². The minimum Gasteiger partial charge on any atom is -0.361 e. The second kappa shape index (κ2) is 6.67. The molecule has 1 amide bonds. The van der Waals surface area contributed by atoms with Gasteiger partial charge in [-0.05, 0) is 31.0 Å². The molecule has 0 aliphatic rings. The van der Waals surface area contributed by atoms with Crippen molar-refractivity contribution < 1.29 is 4.79 Å². The molecule has 3 aromatic heterocycles. The van der Waals surface area contributed by atoms with Gasteiger partial charge in [0.15, 0.2) is 5.65 Å². The molecule has 4 rings (SSSR count). The van der Waals surface area contributed by atoms with Gasteiger partial charge in [-0.1, -0.05) is 41.4 Å². The van der Waals surface area contributed by atoms with E-state index < -0.39 is 0 Å². The Hall–Kier alpha value is -2.50. The van der Waals surface area contributed by atoms with Crippen molar-refractivity contribution in [1.82, 2.24) is 19.7 Å². The van der Waals surface area contributed by atoms with Crippen molar-refractivity contribution in [3.63, 3.8) is 0 Å². The lowest BCUT2D eigenvalue weighted by atomic mass is 10.1. The molecule has 5 nitrogen and oxygen atoms in total. The first-order valence-corrected chi connectivity index (χ1v) is 8.97. The molecule has 0 fully saturated rings. The van der Waals surface area contributed by atoms with Crippen LogP contribution >= 0.6 is 23.2 Å². The van der Waals surface area contributed by atoms with Crippen LogP contribution in [0.2, 0.25) is 10.0 Å². The fourth-order valence-corrected chi connectivity index (χ4v) is 3.71. The van der Waals surface area contributed by atoms with Gasteiger partial charge < -0.3 is 10.3 Å². The Morgan fingerprint density at radius 2 is 2.12 bits per heavy atom. The number of hydrogen-bond acceptors (Lipinski definition) is 2. The summed E-state index contributed by atoms with van der Waals surface area (Å²) in [5, 5.41) is 5.00. The van der Waals surface area contributed by atoms with Crippen molar-refractivity contribution in [1.29, 1.82) is 0 Å². The van der Waals surface area contributed by atoms with E-state index in [1.54, 1.807) is 23.6 Å². The molecule has 1 aromatic carbocycles. The number of aryl methyl sites for hydroxylation is 1. The third-order valence-corrected chi connectivity index (χ3v) is 4.87. The van der Waals surface area contributed by atoms with Crippen LogP contribution in [0, 0.1) is 6.92 Å². The first-order valence-electron chi connectivity index (χ1n) is 8.21. The fraction of sp³-hybridized carbons (Fsp3) is 0.158. The molecule has 0 spiro atoms. The van der Waals surface area contributed by atoms with E-state index in [2.05, 4.69) is 21.4 Å². The highest BCUT2D eigenvalue weighted by atomic mass is 35.5. The largest absolute Gasteiger partial charge is 0.361 e. The average Bonchev–Trinajstić information content (AvgIpc) is 3.16. The van der Waals surface area contributed by atoms with E-state index in [9.17, 15) is 4.79 Å². The fourth-order valence-electron chi connectivity index (χ4n) is 3.19. The van der Waals surface area contributed by atoms with Gasteiger partial charge in [0, 0.05) is 29.8 Å². The highest BCUT2D eigenvalue weighted by Gasteiger charge is 2.18. The van der Waals surface area contributed by atoms with Crippen molar-refractivity contribution in [2.24, 2.45) is 0 Å². The van der Waals surface area contributed by atoms with Crippen molar-refractivity contribution in [2.45, 2.75) is 13.3 Å². The molecule has 3 heterocycles. The first kappa shape index (κ1) is 16.9. The Balaban J connectivity index is 1.54. The Morgan fingerprint density at radius 1 is 1.31 bits per heavy atom. The third kappa shape index (κ3) is 2.93. The number of nitrogens with one attached hydrogen (secondary N) is 2. The SMILES string of the molecule is Cc1nc2c(Cl)cc(Cl)cn2c1C(=O)NCCc1c[nH]c2ccccc12. The topological polar surface area (TPSA) is 62.2 Å². The highest BCUT2D eigenvalue weighted by Crippen LogP contribution is 2.24. The maximum absolute atomic E-state index is 12.7.